The molecule has 2 N–H and O–H groups in total. The number of nitrogens with zero attached hydrogens (tertiary/aromatic N) is 2. The minimum Gasteiger partial charge on any atom is -0.469 e. The van der Waals surface area contributed by atoms with Crippen LogP contribution in [-0.4, -0.2) is 59.1 Å². The minimum atomic E-state index is -0.519. The van der Waals surface area contributed by atoms with E-state index in [0.29, 0.717) is 5.69 Å². The van der Waals surface area contributed by atoms with Gasteiger partial charge in [0, 0.05) is 18.8 Å². The van der Waals surface area contributed by atoms with Crippen LogP contribution in [0.1, 0.15) is 11.3 Å². The number of anilines is 1. The third-order valence-corrected chi connectivity index (χ3v) is 4.66. The SMILES string of the molecule is COC(=O)Cc1cc(=O)[nH]c(SCC(=O)N(C)CC(=O)Nc2ccc(C)cc2)n1. The Morgan fingerprint density at radius 2 is 1.93 bits per heavy atom. The summed E-state index contributed by atoms with van der Waals surface area (Å²) in [6.07, 6.45) is -0.138. The van der Waals surface area contributed by atoms with Gasteiger partial charge in [-0.1, -0.05) is 29.5 Å². The third kappa shape index (κ3) is 7.41. The van der Waals surface area contributed by atoms with Crippen LogP contribution < -0.4 is 10.9 Å². The van der Waals surface area contributed by atoms with Gasteiger partial charge in [0.2, 0.25) is 11.8 Å². The highest BCUT2D eigenvalue weighted by Crippen LogP contribution is 2.13. The number of carbonyl (C=O) groups excluding carboxylic acids is 3. The second-order valence-electron chi connectivity index (χ2n) is 6.25. The van der Waals surface area contributed by atoms with Crippen molar-refractivity contribution in [2.24, 2.45) is 0 Å². The summed E-state index contributed by atoms with van der Waals surface area (Å²) in [6, 6.07) is 8.53. The molecule has 0 fully saturated rings. The first-order valence-electron chi connectivity index (χ1n) is 8.67. The normalized spacial score (nSPS) is 10.3. The van der Waals surface area contributed by atoms with Crippen LogP contribution in [0.4, 0.5) is 5.69 Å². The zero-order valence-corrected chi connectivity index (χ0v) is 17.2. The molecule has 2 rings (SSSR count). The summed E-state index contributed by atoms with van der Waals surface area (Å²) in [6.45, 7) is 1.84. The van der Waals surface area contributed by atoms with Crippen molar-refractivity contribution in [1.82, 2.24) is 14.9 Å². The highest BCUT2D eigenvalue weighted by atomic mass is 32.2. The first-order chi connectivity index (χ1) is 13.8. The number of rotatable bonds is 8. The Balaban J connectivity index is 1.87. The van der Waals surface area contributed by atoms with Crippen LogP contribution in [0.3, 0.4) is 0 Å². The summed E-state index contributed by atoms with van der Waals surface area (Å²) in [5, 5.41) is 2.93. The zero-order chi connectivity index (χ0) is 21.4. The third-order valence-electron chi connectivity index (χ3n) is 3.80. The van der Waals surface area contributed by atoms with E-state index in [-0.39, 0.29) is 41.4 Å². The number of nitrogens with one attached hydrogen (secondary N) is 2. The highest BCUT2D eigenvalue weighted by Gasteiger charge is 2.15. The molecule has 9 nitrogen and oxygen atoms in total. The number of methoxy groups -OCH3 is 1. The first kappa shape index (κ1) is 22.2. The molecule has 0 aliphatic rings. The van der Waals surface area contributed by atoms with E-state index in [0.717, 1.165) is 17.3 Å². The van der Waals surface area contributed by atoms with Gasteiger partial charge in [0.25, 0.3) is 5.56 Å². The van der Waals surface area contributed by atoms with Gasteiger partial charge in [-0.3, -0.25) is 19.2 Å². The molecule has 1 aromatic heterocycles. The molecule has 0 aliphatic heterocycles. The fourth-order valence-electron chi connectivity index (χ4n) is 2.24. The number of esters is 1. The molecule has 10 heteroatoms. The number of aromatic amines is 1. The van der Waals surface area contributed by atoms with Gasteiger partial charge in [0.1, 0.15) is 0 Å². The average Bonchev–Trinajstić information content (AvgIpc) is 2.67. The first-order valence-corrected chi connectivity index (χ1v) is 9.65. The van der Waals surface area contributed by atoms with Gasteiger partial charge in [-0.05, 0) is 19.1 Å². The van der Waals surface area contributed by atoms with Crippen LogP contribution in [0.2, 0.25) is 0 Å². The smallest absolute Gasteiger partial charge is 0.311 e. The van der Waals surface area contributed by atoms with Crippen LogP contribution in [-0.2, 0) is 25.5 Å². The molecule has 29 heavy (non-hydrogen) atoms. The molecule has 0 saturated heterocycles. The monoisotopic (exact) mass is 418 g/mol. The number of ether oxygens (including phenoxy) is 1. The lowest BCUT2D eigenvalue weighted by Crippen LogP contribution is -2.36. The van der Waals surface area contributed by atoms with Gasteiger partial charge in [0.15, 0.2) is 5.16 Å². The Hall–Kier alpha value is -3.14. The number of hydrogen-bond donors (Lipinski definition) is 2. The largest absolute Gasteiger partial charge is 0.469 e. The van der Waals surface area contributed by atoms with E-state index in [1.807, 2.05) is 19.1 Å². The Morgan fingerprint density at radius 1 is 1.24 bits per heavy atom. The number of amides is 2. The van der Waals surface area contributed by atoms with E-state index in [1.54, 1.807) is 12.1 Å². The summed E-state index contributed by atoms with van der Waals surface area (Å²) in [4.78, 5) is 55.3. The Labute approximate surface area is 171 Å². The van der Waals surface area contributed by atoms with Gasteiger partial charge >= 0.3 is 5.97 Å². The quantitative estimate of drug-likeness (QED) is 0.372. The van der Waals surface area contributed by atoms with Crippen molar-refractivity contribution in [2.75, 3.05) is 31.8 Å². The second-order valence-corrected chi connectivity index (χ2v) is 7.21. The summed E-state index contributed by atoms with van der Waals surface area (Å²) >= 11 is 1.01. The van der Waals surface area contributed by atoms with Crippen LogP contribution in [0, 0.1) is 6.92 Å². The van der Waals surface area contributed by atoms with E-state index in [4.69, 9.17) is 0 Å². The summed E-state index contributed by atoms with van der Waals surface area (Å²) in [7, 11) is 2.76. The summed E-state index contributed by atoms with van der Waals surface area (Å²) < 4.78 is 4.55. The molecular weight excluding hydrogens is 396 g/mol. The van der Waals surface area contributed by atoms with E-state index in [1.165, 1.54) is 25.1 Å². The number of aryl methyl sites for hydroxylation is 1. The standard InChI is InChI=1S/C19H22N4O5S/c1-12-4-6-13(7-5-12)20-16(25)10-23(2)17(26)11-29-19-21-14(8-15(24)22-19)9-18(27)28-3/h4-8H,9-11H2,1-3H3,(H,20,25)(H,21,22,24). The number of thioether (sulfide) groups is 1. The molecule has 0 radical (unpaired) electrons. The van der Waals surface area contributed by atoms with Crippen molar-refractivity contribution in [3.05, 3.63) is 51.9 Å². The van der Waals surface area contributed by atoms with Crippen molar-refractivity contribution in [2.45, 2.75) is 18.5 Å². The van der Waals surface area contributed by atoms with E-state index in [2.05, 4.69) is 20.0 Å². The van der Waals surface area contributed by atoms with Crippen LogP contribution in [0.15, 0.2) is 40.3 Å². The van der Waals surface area contributed by atoms with Gasteiger partial charge < -0.3 is 19.9 Å². The van der Waals surface area contributed by atoms with Crippen molar-refractivity contribution in [3.63, 3.8) is 0 Å². The summed E-state index contributed by atoms with van der Waals surface area (Å²) in [5.74, 6) is -1.18. The van der Waals surface area contributed by atoms with E-state index >= 15 is 0 Å². The fourth-order valence-corrected chi connectivity index (χ4v) is 3.08. The fraction of sp³-hybridized carbons (Fsp3) is 0.316. The molecule has 1 aromatic carbocycles. The lowest BCUT2D eigenvalue weighted by molar-refractivity contribution is -0.139. The zero-order valence-electron chi connectivity index (χ0n) is 16.4. The molecule has 0 bridgehead atoms. The van der Waals surface area contributed by atoms with Crippen molar-refractivity contribution in [1.29, 1.82) is 0 Å². The molecule has 0 saturated carbocycles. The maximum atomic E-state index is 12.3. The second kappa shape index (κ2) is 10.4. The Kier molecular flexibility index (Phi) is 7.96. The number of H-pyrrole nitrogens is 1. The maximum absolute atomic E-state index is 12.3. The minimum absolute atomic E-state index is 0.0288. The predicted octanol–water partition coefficient (Wildman–Crippen LogP) is 0.983. The molecule has 2 amide bonds. The number of likely N-dealkylation sites (N-methyl/N-ethyl adjacent to an activating group) is 1. The molecule has 1 heterocycles. The van der Waals surface area contributed by atoms with Crippen LogP contribution in [0.5, 0.6) is 0 Å². The Bertz CT molecular complexity index is 942. The molecule has 154 valence electrons. The summed E-state index contributed by atoms with van der Waals surface area (Å²) in [5.41, 5.74) is 1.55. The number of hydrogen-bond acceptors (Lipinski definition) is 7. The van der Waals surface area contributed by atoms with E-state index in [9.17, 15) is 19.2 Å². The van der Waals surface area contributed by atoms with Crippen LogP contribution >= 0.6 is 11.8 Å². The molecule has 2 aromatic rings. The van der Waals surface area contributed by atoms with Gasteiger partial charge in [-0.2, -0.15) is 0 Å². The van der Waals surface area contributed by atoms with Crippen molar-refractivity contribution in [3.8, 4) is 0 Å². The van der Waals surface area contributed by atoms with Gasteiger partial charge in [-0.15, -0.1) is 0 Å². The van der Waals surface area contributed by atoms with Gasteiger partial charge in [-0.25, -0.2) is 4.98 Å². The molecule has 0 aliphatic carbocycles. The predicted molar refractivity (Wildman–Crippen MR) is 109 cm³/mol. The molecule has 0 unspecified atom stereocenters. The number of carbonyl (C=O) groups is 3. The number of aromatic nitrogens is 2. The molecule has 0 spiro atoms. The van der Waals surface area contributed by atoms with E-state index < -0.39 is 11.5 Å². The number of benzene rings is 1. The van der Waals surface area contributed by atoms with Crippen LogP contribution in [0.25, 0.3) is 0 Å². The van der Waals surface area contributed by atoms with Crippen molar-refractivity contribution >= 4 is 35.2 Å². The molecule has 0 atom stereocenters. The van der Waals surface area contributed by atoms with Gasteiger partial charge in [0.05, 0.1) is 31.5 Å². The lowest BCUT2D eigenvalue weighted by atomic mass is 10.2. The lowest BCUT2D eigenvalue weighted by Gasteiger charge is -2.16. The Morgan fingerprint density at radius 3 is 2.59 bits per heavy atom. The highest BCUT2D eigenvalue weighted by molar-refractivity contribution is 7.99. The molecular formula is C19H22N4O5S. The van der Waals surface area contributed by atoms with Crippen molar-refractivity contribution < 1.29 is 19.1 Å². The maximum Gasteiger partial charge on any atom is 0.311 e. The average molecular weight is 418 g/mol. The topological polar surface area (TPSA) is 121 Å².